The lowest BCUT2D eigenvalue weighted by atomic mass is 10.1. The van der Waals surface area contributed by atoms with Gasteiger partial charge in [-0.15, -0.1) is 10.2 Å². The summed E-state index contributed by atoms with van der Waals surface area (Å²) in [7, 11) is 0. The number of hydrogen-bond acceptors (Lipinski definition) is 4. The predicted octanol–water partition coefficient (Wildman–Crippen LogP) is 6.53. The number of amides is 1. The summed E-state index contributed by atoms with van der Waals surface area (Å²) in [4.78, 5) is 15.0. The number of aromatic nitrogens is 3. The van der Waals surface area contributed by atoms with Crippen LogP contribution in [0.3, 0.4) is 0 Å². The zero-order valence-corrected chi connectivity index (χ0v) is 20.0. The van der Waals surface area contributed by atoms with Crippen molar-refractivity contribution in [2.45, 2.75) is 43.3 Å². The van der Waals surface area contributed by atoms with Crippen LogP contribution < -0.4 is 0 Å². The van der Waals surface area contributed by atoms with E-state index in [1.54, 1.807) is 30.0 Å². The Morgan fingerprint density at radius 1 is 1.10 bits per heavy atom. The third-order valence-corrected chi connectivity index (χ3v) is 7.44. The number of carbonyl (C=O) groups excluding carboxylic acids is 1. The van der Waals surface area contributed by atoms with E-state index in [2.05, 4.69) is 21.7 Å². The molecule has 1 aromatic heterocycles. The van der Waals surface area contributed by atoms with Gasteiger partial charge in [-0.3, -0.25) is 4.79 Å². The van der Waals surface area contributed by atoms with Crippen LogP contribution in [0.25, 0.3) is 0 Å². The second-order valence-electron chi connectivity index (χ2n) is 7.26. The fourth-order valence-corrected chi connectivity index (χ4v) is 5.29. The minimum Gasteiger partial charge on any atom is -0.328 e. The molecule has 1 saturated heterocycles. The molecular formula is C22H21Cl3N4OS. The highest BCUT2D eigenvalue weighted by Gasteiger charge is 2.35. The lowest BCUT2D eigenvalue weighted by Crippen LogP contribution is -2.32. The van der Waals surface area contributed by atoms with Crippen molar-refractivity contribution in [1.29, 1.82) is 0 Å². The van der Waals surface area contributed by atoms with Crippen LogP contribution in [-0.2, 0) is 12.3 Å². The Balaban J connectivity index is 1.55. The summed E-state index contributed by atoms with van der Waals surface area (Å²) in [6.45, 7) is 3.46. The summed E-state index contributed by atoms with van der Waals surface area (Å²) in [5.41, 5.74) is 1.58. The van der Waals surface area contributed by atoms with Gasteiger partial charge in [0.05, 0.1) is 26.7 Å². The fraction of sp³-hybridized carbons (Fsp3) is 0.318. The number of likely N-dealkylation sites (tertiary alicyclic amines) is 1. The molecule has 1 atom stereocenters. The minimum absolute atomic E-state index is 0.0660. The van der Waals surface area contributed by atoms with Gasteiger partial charge < -0.3 is 9.47 Å². The zero-order valence-electron chi connectivity index (χ0n) is 16.9. The van der Waals surface area contributed by atoms with Crippen molar-refractivity contribution in [3.63, 3.8) is 0 Å². The average molecular weight is 496 g/mol. The van der Waals surface area contributed by atoms with Gasteiger partial charge in [0.1, 0.15) is 0 Å². The maximum absolute atomic E-state index is 13.2. The third kappa shape index (κ3) is 4.72. The van der Waals surface area contributed by atoms with Crippen LogP contribution in [0.15, 0.2) is 47.6 Å². The van der Waals surface area contributed by atoms with Gasteiger partial charge >= 0.3 is 0 Å². The van der Waals surface area contributed by atoms with Crippen LogP contribution in [0.2, 0.25) is 15.1 Å². The summed E-state index contributed by atoms with van der Waals surface area (Å²) >= 11 is 20.0. The molecule has 9 heteroatoms. The SMILES string of the molecule is CCn1c(SCc2ccc(Cl)c(Cl)c2)nnc1C1CCCN1C(=O)c1ccccc1Cl. The molecule has 1 aliphatic rings. The van der Waals surface area contributed by atoms with E-state index >= 15 is 0 Å². The zero-order chi connectivity index (χ0) is 22.0. The maximum Gasteiger partial charge on any atom is 0.255 e. The van der Waals surface area contributed by atoms with Crippen molar-refractivity contribution in [2.75, 3.05) is 6.54 Å². The molecule has 1 unspecified atom stereocenters. The Labute approximate surface area is 200 Å². The van der Waals surface area contributed by atoms with Crippen molar-refractivity contribution in [2.24, 2.45) is 0 Å². The van der Waals surface area contributed by atoms with Crippen LogP contribution >= 0.6 is 46.6 Å². The van der Waals surface area contributed by atoms with Gasteiger partial charge in [-0.1, -0.05) is 64.8 Å². The van der Waals surface area contributed by atoms with Gasteiger partial charge in [0.15, 0.2) is 11.0 Å². The number of halogens is 3. The lowest BCUT2D eigenvalue weighted by molar-refractivity contribution is 0.0727. The quantitative estimate of drug-likeness (QED) is 0.365. The Hall–Kier alpha value is -1.73. The molecule has 162 valence electrons. The van der Waals surface area contributed by atoms with Gasteiger partial charge in [-0.05, 0) is 49.6 Å². The molecule has 0 aliphatic carbocycles. The van der Waals surface area contributed by atoms with Crippen molar-refractivity contribution < 1.29 is 4.79 Å². The normalized spacial score (nSPS) is 16.1. The minimum atomic E-state index is -0.115. The van der Waals surface area contributed by atoms with Crippen LogP contribution in [0.1, 0.15) is 47.6 Å². The molecule has 2 aromatic carbocycles. The molecule has 0 bridgehead atoms. The summed E-state index contributed by atoms with van der Waals surface area (Å²) in [6, 6.07) is 12.7. The lowest BCUT2D eigenvalue weighted by Gasteiger charge is -2.25. The van der Waals surface area contributed by atoms with Crippen LogP contribution in [-0.4, -0.2) is 32.1 Å². The molecule has 0 N–H and O–H groups in total. The van der Waals surface area contributed by atoms with E-state index in [-0.39, 0.29) is 11.9 Å². The molecule has 5 nitrogen and oxygen atoms in total. The summed E-state index contributed by atoms with van der Waals surface area (Å²) in [5, 5.41) is 11.3. The number of thioether (sulfide) groups is 1. The monoisotopic (exact) mass is 494 g/mol. The fourth-order valence-electron chi connectivity index (χ4n) is 3.80. The molecule has 4 rings (SSSR count). The second kappa shape index (κ2) is 9.82. The van der Waals surface area contributed by atoms with Gasteiger partial charge in [0, 0.05) is 18.8 Å². The van der Waals surface area contributed by atoms with E-state index in [0.717, 1.165) is 35.9 Å². The topological polar surface area (TPSA) is 51.0 Å². The van der Waals surface area contributed by atoms with E-state index in [0.29, 0.717) is 32.9 Å². The number of rotatable bonds is 6. The standard InChI is InChI=1S/C22H21Cl3N4OS/c1-2-28-20(26-27-22(28)31-13-14-9-10-17(24)18(25)12-14)19-8-5-11-29(19)21(30)15-6-3-4-7-16(15)23/h3-4,6-7,9-10,12,19H,2,5,8,11,13H2,1H3. The first kappa shape index (κ1) is 22.5. The summed E-state index contributed by atoms with van der Waals surface area (Å²) in [6.07, 6.45) is 1.77. The van der Waals surface area contributed by atoms with E-state index in [9.17, 15) is 4.79 Å². The average Bonchev–Trinajstić information content (AvgIpc) is 3.40. The Kier molecular flexibility index (Phi) is 7.12. The first-order valence-corrected chi connectivity index (χ1v) is 12.2. The molecule has 31 heavy (non-hydrogen) atoms. The van der Waals surface area contributed by atoms with E-state index < -0.39 is 0 Å². The highest BCUT2D eigenvalue weighted by Crippen LogP contribution is 2.35. The molecule has 3 aromatic rings. The number of carbonyl (C=O) groups is 1. The number of nitrogens with zero attached hydrogens (tertiary/aromatic N) is 4. The van der Waals surface area contributed by atoms with Crippen LogP contribution in [0, 0.1) is 0 Å². The Morgan fingerprint density at radius 2 is 1.90 bits per heavy atom. The van der Waals surface area contributed by atoms with E-state index in [4.69, 9.17) is 34.8 Å². The van der Waals surface area contributed by atoms with Gasteiger partial charge in [-0.2, -0.15) is 0 Å². The molecule has 0 radical (unpaired) electrons. The highest BCUT2D eigenvalue weighted by atomic mass is 35.5. The third-order valence-electron chi connectivity index (χ3n) is 5.33. The van der Waals surface area contributed by atoms with Crippen molar-refractivity contribution >= 4 is 52.5 Å². The summed E-state index contributed by atoms with van der Waals surface area (Å²) < 4.78 is 2.09. The molecular weight excluding hydrogens is 475 g/mol. The molecule has 0 spiro atoms. The highest BCUT2D eigenvalue weighted by molar-refractivity contribution is 7.98. The van der Waals surface area contributed by atoms with Gasteiger partial charge in [-0.25, -0.2) is 0 Å². The Bertz CT molecular complexity index is 1100. The summed E-state index contributed by atoms with van der Waals surface area (Å²) in [5.74, 6) is 1.45. The Morgan fingerprint density at radius 3 is 2.65 bits per heavy atom. The second-order valence-corrected chi connectivity index (χ2v) is 9.42. The number of hydrogen-bond donors (Lipinski definition) is 0. The van der Waals surface area contributed by atoms with Gasteiger partial charge in [0.25, 0.3) is 5.91 Å². The first-order valence-electron chi connectivity index (χ1n) is 10.0. The van der Waals surface area contributed by atoms with Crippen molar-refractivity contribution in [1.82, 2.24) is 19.7 Å². The molecule has 0 saturated carbocycles. The number of benzene rings is 2. The van der Waals surface area contributed by atoms with E-state index in [1.807, 2.05) is 29.2 Å². The smallest absolute Gasteiger partial charge is 0.255 e. The van der Waals surface area contributed by atoms with Crippen LogP contribution in [0.5, 0.6) is 0 Å². The first-order chi connectivity index (χ1) is 15.0. The van der Waals surface area contributed by atoms with Crippen molar-refractivity contribution in [3.05, 3.63) is 74.5 Å². The molecule has 1 aliphatic heterocycles. The van der Waals surface area contributed by atoms with E-state index in [1.165, 1.54) is 0 Å². The largest absolute Gasteiger partial charge is 0.328 e. The molecule has 1 fully saturated rings. The van der Waals surface area contributed by atoms with Crippen LogP contribution in [0.4, 0.5) is 0 Å². The van der Waals surface area contributed by atoms with Gasteiger partial charge in [0.2, 0.25) is 0 Å². The predicted molar refractivity (Wildman–Crippen MR) is 126 cm³/mol. The molecule has 1 amide bonds. The maximum atomic E-state index is 13.2. The molecule has 2 heterocycles. The van der Waals surface area contributed by atoms with Crippen molar-refractivity contribution in [3.8, 4) is 0 Å².